The van der Waals surface area contributed by atoms with Gasteiger partial charge in [-0.05, 0) is 93.6 Å². The van der Waals surface area contributed by atoms with Gasteiger partial charge in [-0.3, -0.25) is 0 Å². The summed E-state index contributed by atoms with van der Waals surface area (Å²) in [6.45, 7) is 2.19. The van der Waals surface area contributed by atoms with E-state index in [0.717, 1.165) is 101 Å². The van der Waals surface area contributed by atoms with Gasteiger partial charge in [0.1, 0.15) is 33.5 Å². The van der Waals surface area contributed by atoms with Crippen LogP contribution in [0.15, 0.2) is 262 Å². The second kappa shape index (κ2) is 18.3. The van der Waals surface area contributed by atoms with Crippen LogP contribution in [0.3, 0.4) is 0 Å². The van der Waals surface area contributed by atoms with E-state index in [1.807, 2.05) is 36.4 Å². The summed E-state index contributed by atoms with van der Waals surface area (Å²) in [6.07, 6.45) is 1.99. The summed E-state index contributed by atoms with van der Waals surface area (Å²) in [5, 5.41) is 6.98. The molecule has 0 aliphatic carbocycles. The maximum atomic E-state index is 6.25. The molecule has 0 amide bonds. The summed E-state index contributed by atoms with van der Waals surface area (Å²) in [5.74, 6) is 0. The van der Waals surface area contributed by atoms with Crippen LogP contribution in [0.2, 0.25) is 0 Å². The van der Waals surface area contributed by atoms with Crippen molar-refractivity contribution in [3.05, 3.63) is 265 Å². The molecule has 0 radical (unpaired) electrons. The SMILES string of the molecule is Cc1cc(-c2ccccc2)ccc1-c1ccc(-c2cccc3c2oc2ccccc23)cc1.c1ccc2c(c1)oc1c(-c3ccc(CCc4ccc(-c5cccc6c5oc5ccccc56)cc4)cc3)cccc12. The van der Waals surface area contributed by atoms with Crippen LogP contribution in [-0.4, -0.2) is 0 Å². The van der Waals surface area contributed by atoms with Crippen molar-refractivity contribution in [3.8, 4) is 55.6 Å². The number of benzene rings is 11. The summed E-state index contributed by atoms with van der Waals surface area (Å²) in [5.41, 5.74) is 21.5. The van der Waals surface area contributed by atoms with E-state index in [2.05, 4.69) is 219 Å². The van der Waals surface area contributed by atoms with Crippen molar-refractivity contribution in [2.24, 2.45) is 0 Å². The highest BCUT2D eigenvalue weighted by Crippen LogP contribution is 2.39. The number of aryl methyl sites for hydroxylation is 3. The fourth-order valence-electron chi connectivity index (χ4n) is 10.5. The molecular weight excluding hydrogens is 877 g/mol. The minimum absolute atomic E-state index is 0.931. The molecule has 0 bridgehead atoms. The van der Waals surface area contributed by atoms with Crippen molar-refractivity contribution in [1.29, 1.82) is 0 Å². The van der Waals surface area contributed by atoms with Crippen LogP contribution in [0.4, 0.5) is 0 Å². The van der Waals surface area contributed by atoms with Crippen molar-refractivity contribution in [3.63, 3.8) is 0 Å². The van der Waals surface area contributed by atoms with Gasteiger partial charge in [-0.2, -0.15) is 0 Å². The molecule has 11 aromatic carbocycles. The van der Waals surface area contributed by atoms with Crippen LogP contribution < -0.4 is 0 Å². The van der Waals surface area contributed by atoms with Crippen LogP contribution in [-0.2, 0) is 12.8 Å². The average molecular weight is 925 g/mol. The molecule has 14 rings (SSSR count). The van der Waals surface area contributed by atoms with Crippen LogP contribution in [0, 0.1) is 6.92 Å². The van der Waals surface area contributed by atoms with Crippen molar-refractivity contribution >= 4 is 65.8 Å². The molecule has 0 unspecified atom stereocenters. The van der Waals surface area contributed by atoms with Gasteiger partial charge in [-0.15, -0.1) is 0 Å². The van der Waals surface area contributed by atoms with Crippen LogP contribution in [0.5, 0.6) is 0 Å². The second-order valence-corrected chi connectivity index (χ2v) is 18.7. The van der Waals surface area contributed by atoms with Gasteiger partial charge in [0.25, 0.3) is 0 Å². The Bertz CT molecular complexity index is 4090. The van der Waals surface area contributed by atoms with E-state index in [-0.39, 0.29) is 0 Å². The van der Waals surface area contributed by atoms with Crippen LogP contribution in [0.1, 0.15) is 16.7 Å². The molecule has 3 heteroatoms. The van der Waals surface area contributed by atoms with Gasteiger partial charge < -0.3 is 13.3 Å². The monoisotopic (exact) mass is 924 g/mol. The van der Waals surface area contributed by atoms with E-state index in [1.165, 1.54) is 50.1 Å². The summed E-state index contributed by atoms with van der Waals surface area (Å²) < 4.78 is 18.7. The van der Waals surface area contributed by atoms with Crippen molar-refractivity contribution < 1.29 is 13.3 Å². The Hall–Kier alpha value is -9.18. The second-order valence-electron chi connectivity index (χ2n) is 18.7. The first-order valence-electron chi connectivity index (χ1n) is 24.8. The topological polar surface area (TPSA) is 39.4 Å². The fourth-order valence-corrected chi connectivity index (χ4v) is 10.5. The van der Waals surface area contributed by atoms with E-state index in [4.69, 9.17) is 13.3 Å². The van der Waals surface area contributed by atoms with Crippen molar-refractivity contribution in [1.82, 2.24) is 0 Å². The number of furan rings is 3. The highest BCUT2D eigenvalue weighted by molar-refractivity contribution is 6.11. The number of fused-ring (bicyclic) bond motifs is 9. The van der Waals surface area contributed by atoms with Gasteiger partial charge in [0.15, 0.2) is 0 Å². The Morgan fingerprint density at radius 1 is 0.250 bits per heavy atom. The minimum atomic E-state index is 0.931. The lowest BCUT2D eigenvalue weighted by molar-refractivity contribution is 0.669. The lowest BCUT2D eigenvalue weighted by Gasteiger charge is -2.10. The molecule has 0 spiro atoms. The zero-order valence-corrected chi connectivity index (χ0v) is 39.8. The molecule has 3 aromatic heterocycles. The third kappa shape index (κ3) is 7.92. The number of rotatable bonds is 8. The highest BCUT2D eigenvalue weighted by Gasteiger charge is 2.15. The standard InChI is InChI=1S/C38H26O2.C31H22O/c1-3-13-35-31(7-1)33-11-5-9-29(37(33)39-35)27-21-17-25(18-22-27)15-16-26-19-23-28(24-20-26)30-10-6-12-34-32-8-2-4-14-36(32)40-38(30)34;1-21-20-25(22-8-3-2-4-9-22)18-19-26(21)23-14-16-24(17-15-23)27-11-7-12-29-28-10-5-6-13-30(28)32-31(27)29/h1-14,17-24H,15-16H2;2-20H,1H3. The lowest BCUT2D eigenvalue weighted by atomic mass is 9.94. The molecule has 14 aromatic rings. The Balaban J connectivity index is 0.000000144. The van der Waals surface area contributed by atoms with E-state index < -0.39 is 0 Å². The minimum Gasteiger partial charge on any atom is -0.455 e. The Labute approximate surface area is 417 Å². The Morgan fingerprint density at radius 2 is 0.583 bits per heavy atom. The smallest absolute Gasteiger partial charge is 0.143 e. The maximum Gasteiger partial charge on any atom is 0.143 e. The molecule has 0 fully saturated rings. The van der Waals surface area contributed by atoms with E-state index in [1.54, 1.807) is 0 Å². The zero-order chi connectivity index (χ0) is 48.0. The van der Waals surface area contributed by atoms with Gasteiger partial charge >= 0.3 is 0 Å². The van der Waals surface area contributed by atoms with Crippen molar-refractivity contribution in [2.45, 2.75) is 19.8 Å². The average Bonchev–Trinajstić information content (AvgIpc) is 4.15. The third-order valence-corrected chi connectivity index (χ3v) is 14.3. The molecule has 0 aliphatic heterocycles. The first-order chi connectivity index (χ1) is 35.6. The van der Waals surface area contributed by atoms with Gasteiger partial charge in [-0.1, -0.05) is 231 Å². The molecule has 0 atom stereocenters. The van der Waals surface area contributed by atoms with E-state index in [9.17, 15) is 0 Å². The lowest BCUT2D eigenvalue weighted by Crippen LogP contribution is -1.92. The molecule has 0 N–H and O–H groups in total. The van der Waals surface area contributed by atoms with E-state index in [0.29, 0.717) is 0 Å². The van der Waals surface area contributed by atoms with Gasteiger partial charge in [0.05, 0.1) is 0 Å². The third-order valence-electron chi connectivity index (χ3n) is 14.3. The predicted octanol–water partition coefficient (Wildman–Crippen LogP) is 19.5. The normalized spacial score (nSPS) is 11.5. The Kier molecular flexibility index (Phi) is 10.9. The first kappa shape index (κ1) is 42.9. The molecule has 3 nitrogen and oxygen atoms in total. The number of para-hydroxylation sites is 6. The first-order valence-corrected chi connectivity index (χ1v) is 24.8. The summed E-state index contributed by atoms with van der Waals surface area (Å²) in [4.78, 5) is 0. The molecule has 342 valence electrons. The molecule has 3 heterocycles. The Morgan fingerprint density at radius 3 is 0.986 bits per heavy atom. The molecule has 0 aliphatic rings. The largest absolute Gasteiger partial charge is 0.455 e. The zero-order valence-electron chi connectivity index (χ0n) is 39.8. The maximum absolute atomic E-state index is 6.25. The summed E-state index contributed by atoms with van der Waals surface area (Å²) in [6, 6.07) is 87.8. The fraction of sp³-hybridized carbons (Fsp3) is 0.0435. The quantitative estimate of drug-likeness (QED) is 0.152. The van der Waals surface area contributed by atoms with Crippen LogP contribution in [0.25, 0.3) is 121 Å². The van der Waals surface area contributed by atoms with Crippen molar-refractivity contribution in [2.75, 3.05) is 0 Å². The van der Waals surface area contributed by atoms with E-state index >= 15 is 0 Å². The number of hydrogen-bond acceptors (Lipinski definition) is 3. The molecular formula is C69H48O3. The molecule has 0 saturated carbocycles. The van der Waals surface area contributed by atoms with Gasteiger partial charge in [0, 0.05) is 49.0 Å². The summed E-state index contributed by atoms with van der Waals surface area (Å²) >= 11 is 0. The molecule has 0 saturated heterocycles. The molecule has 72 heavy (non-hydrogen) atoms. The predicted molar refractivity (Wildman–Crippen MR) is 300 cm³/mol. The summed E-state index contributed by atoms with van der Waals surface area (Å²) in [7, 11) is 0. The number of hydrogen-bond donors (Lipinski definition) is 0. The van der Waals surface area contributed by atoms with Crippen LogP contribution >= 0.6 is 0 Å². The highest BCUT2D eigenvalue weighted by atomic mass is 16.3. The van der Waals surface area contributed by atoms with Gasteiger partial charge in [0.2, 0.25) is 0 Å². The van der Waals surface area contributed by atoms with Gasteiger partial charge in [-0.25, -0.2) is 0 Å².